The van der Waals surface area contributed by atoms with Gasteiger partial charge < -0.3 is 11.1 Å². The third-order valence-electron chi connectivity index (χ3n) is 1.27. The van der Waals surface area contributed by atoms with E-state index in [1.807, 2.05) is 6.92 Å². The number of nitrogens with two attached hydrogens (primary N) is 1. The summed E-state index contributed by atoms with van der Waals surface area (Å²) in [6.45, 7) is 2.87. The molecule has 1 rings (SSSR count). The summed E-state index contributed by atoms with van der Waals surface area (Å²) in [5.41, 5.74) is 7.28. The quantitative estimate of drug-likeness (QED) is 0.741. The zero-order chi connectivity index (χ0) is 8.27. The maximum absolute atomic E-state index is 5.67. The molecule has 1 aromatic heterocycles. The van der Waals surface area contributed by atoms with E-state index in [0.29, 0.717) is 5.69 Å². The van der Waals surface area contributed by atoms with Crippen LogP contribution in [0, 0.1) is 0 Å². The zero-order valence-electron chi connectivity index (χ0n) is 6.26. The van der Waals surface area contributed by atoms with Crippen molar-refractivity contribution >= 4 is 27.3 Å². The first-order chi connectivity index (χ1) is 5.24. The van der Waals surface area contributed by atoms with Crippen molar-refractivity contribution in [2.45, 2.75) is 6.92 Å². The lowest BCUT2D eigenvalue weighted by atomic mass is 10.3. The summed E-state index contributed by atoms with van der Waals surface area (Å²) in [5.74, 6) is 0. The number of hydrogen-bond donors (Lipinski definition) is 2. The number of rotatable bonds is 2. The van der Waals surface area contributed by atoms with Crippen LogP contribution in [0.3, 0.4) is 0 Å². The standard InChI is InChI=1S/C7H10BrN3/c1-2-10-6-4-11-7(8)3-5(6)9/h3-4,10H,2H2,1H3,(H2,9,11). The van der Waals surface area contributed by atoms with Crippen molar-refractivity contribution in [3.8, 4) is 0 Å². The Balaban J connectivity index is 2.90. The Labute approximate surface area is 74.1 Å². The minimum absolute atomic E-state index is 0.716. The Morgan fingerprint density at radius 2 is 2.45 bits per heavy atom. The Morgan fingerprint density at radius 3 is 3.00 bits per heavy atom. The third-order valence-corrected chi connectivity index (χ3v) is 1.70. The monoisotopic (exact) mass is 215 g/mol. The van der Waals surface area contributed by atoms with Gasteiger partial charge in [-0.15, -0.1) is 0 Å². The molecule has 60 valence electrons. The molecule has 0 saturated heterocycles. The zero-order valence-corrected chi connectivity index (χ0v) is 7.85. The molecule has 0 radical (unpaired) electrons. The molecule has 0 atom stereocenters. The van der Waals surface area contributed by atoms with Gasteiger partial charge in [-0.3, -0.25) is 0 Å². The fraction of sp³-hybridized carbons (Fsp3) is 0.286. The van der Waals surface area contributed by atoms with E-state index in [1.54, 1.807) is 12.3 Å². The highest BCUT2D eigenvalue weighted by atomic mass is 79.9. The summed E-state index contributed by atoms with van der Waals surface area (Å²) in [6, 6.07) is 1.78. The first-order valence-electron chi connectivity index (χ1n) is 3.39. The predicted octanol–water partition coefficient (Wildman–Crippen LogP) is 1.86. The van der Waals surface area contributed by atoms with Gasteiger partial charge in [-0.05, 0) is 28.9 Å². The van der Waals surface area contributed by atoms with Crippen LogP contribution < -0.4 is 11.1 Å². The number of nitrogens with zero attached hydrogens (tertiary/aromatic N) is 1. The van der Waals surface area contributed by atoms with Crippen LogP contribution in [0.25, 0.3) is 0 Å². The van der Waals surface area contributed by atoms with E-state index in [0.717, 1.165) is 16.8 Å². The smallest absolute Gasteiger partial charge is 0.108 e. The molecule has 0 saturated carbocycles. The maximum Gasteiger partial charge on any atom is 0.108 e. The fourth-order valence-electron chi connectivity index (χ4n) is 0.782. The van der Waals surface area contributed by atoms with Crippen molar-refractivity contribution in [1.82, 2.24) is 4.98 Å². The topological polar surface area (TPSA) is 50.9 Å². The molecule has 3 N–H and O–H groups in total. The minimum atomic E-state index is 0.716. The van der Waals surface area contributed by atoms with Crippen molar-refractivity contribution in [3.63, 3.8) is 0 Å². The van der Waals surface area contributed by atoms with E-state index in [2.05, 4.69) is 26.2 Å². The van der Waals surface area contributed by atoms with E-state index in [4.69, 9.17) is 5.73 Å². The molecule has 0 fully saturated rings. The van der Waals surface area contributed by atoms with Gasteiger partial charge in [0.15, 0.2) is 0 Å². The molecule has 0 aliphatic heterocycles. The lowest BCUT2D eigenvalue weighted by Crippen LogP contribution is -2.01. The molecule has 1 heterocycles. The molecule has 4 heteroatoms. The Hall–Kier alpha value is -0.770. The molecule has 1 aromatic rings. The number of anilines is 2. The maximum atomic E-state index is 5.67. The van der Waals surface area contributed by atoms with Crippen molar-refractivity contribution in [2.24, 2.45) is 0 Å². The third kappa shape index (κ3) is 2.08. The van der Waals surface area contributed by atoms with Crippen LogP contribution in [0.4, 0.5) is 11.4 Å². The number of aromatic nitrogens is 1. The molecular formula is C7H10BrN3. The van der Waals surface area contributed by atoms with Crippen LogP contribution in [0.15, 0.2) is 16.9 Å². The fourth-order valence-corrected chi connectivity index (χ4v) is 1.13. The molecular weight excluding hydrogens is 206 g/mol. The summed E-state index contributed by atoms with van der Waals surface area (Å²) in [7, 11) is 0. The highest BCUT2D eigenvalue weighted by Crippen LogP contribution is 2.19. The van der Waals surface area contributed by atoms with Crippen LogP contribution in [-0.4, -0.2) is 11.5 Å². The summed E-state index contributed by atoms with van der Waals surface area (Å²) in [5, 5.41) is 3.09. The van der Waals surface area contributed by atoms with Crippen LogP contribution in [-0.2, 0) is 0 Å². The van der Waals surface area contributed by atoms with E-state index in [9.17, 15) is 0 Å². The van der Waals surface area contributed by atoms with Gasteiger partial charge in [0, 0.05) is 6.54 Å². The molecule has 11 heavy (non-hydrogen) atoms. The van der Waals surface area contributed by atoms with Gasteiger partial charge in [-0.1, -0.05) is 0 Å². The van der Waals surface area contributed by atoms with Crippen molar-refractivity contribution in [2.75, 3.05) is 17.6 Å². The van der Waals surface area contributed by atoms with Crippen molar-refractivity contribution in [3.05, 3.63) is 16.9 Å². The molecule has 0 bridgehead atoms. The lowest BCUT2D eigenvalue weighted by Gasteiger charge is -2.05. The lowest BCUT2D eigenvalue weighted by molar-refractivity contribution is 1.18. The Kier molecular flexibility index (Phi) is 2.70. The summed E-state index contributed by atoms with van der Waals surface area (Å²) < 4.78 is 0.761. The van der Waals surface area contributed by atoms with E-state index in [1.165, 1.54) is 0 Å². The number of pyridine rings is 1. The number of nitrogens with one attached hydrogen (secondary N) is 1. The summed E-state index contributed by atoms with van der Waals surface area (Å²) in [4.78, 5) is 4.03. The van der Waals surface area contributed by atoms with Crippen molar-refractivity contribution < 1.29 is 0 Å². The normalized spacial score (nSPS) is 9.64. The van der Waals surface area contributed by atoms with Crippen LogP contribution in [0.1, 0.15) is 6.92 Å². The second-order valence-electron chi connectivity index (χ2n) is 2.12. The summed E-state index contributed by atoms with van der Waals surface area (Å²) in [6.07, 6.45) is 1.71. The van der Waals surface area contributed by atoms with Crippen LogP contribution in [0.2, 0.25) is 0 Å². The second-order valence-corrected chi connectivity index (χ2v) is 2.94. The predicted molar refractivity (Wildman–Crippen MR) is 50.5 cm³/mol. The summed E-state index contributed by atoms with van der Waals surface area (Å²) >= 11 is 3.23. The second kappa shape index (κ2) is 3.57. The van der Waals surface area contributed by atoms with Gasteiger partial charge in [-0.2, -0.15) is 0 Å². The largest absolute Gasteiger partial charge is 0.397 e. The van der Waals surface area contributed by atoms with Crippen LogP contribution >= 0.6 is 15.9 Å². The van der Waals surface area contributed by atoms with Gasteiger partial charge in [0.1, 0.15) is 4.60 Å². The van der Waals surface area contributed by atoms with Crippen molar-refractivity contribution in [1.29, 1.82) is 0 Å². The SMILES string of the molecule is CCNc1cnc(Br)cc1N. The van der Waals surface area contributed by atoms with Gasteiger partial charge in [0.25, 0.3) is 0 Å². The molecule has 3 nitrogen and oxygen atoms in total. The van der Waals surface area contributed by atoms with E-state index < -0.39 is 0 Å². The average Bonchev–Trinajstić information content (AvgIpc) is 1.95. The van der Waals surface area contributed by atoms with Crippen LogP contribution in [0.5, 0.6) is 0 Å². The molecule has 0 unspecified atom stereocenters. The Morgan fingerprint density at radius 1 is 1.73 bits per heavy atom. The number of nitrogen functional groups attached to an aromatic ring is 1. The molecule has 0 amide bonds. The van der Waals surface area contributed by atoms with Gasteiger partial charge >= 0.3 is 0 Å². The van der Waals surface area contributed by atoms with E-state index in [-0.39, 0.29) is 0 Å². The minimum Gasteiger partial charge on any atom is -0.397 e. The first kappa shape index (κ1) is 8.33. The highest BCUT2D eigenvalue weighted by Gasteiger charge is 1.97. The molecule has 0 spiro atoms. The Bertz CT molecular complexity index is 249. The first-order valence-corrected chi connectivity index (χ1v) is 4.18. The average molecular weight is 216 g/mol. The van der Waals surface area contributed by atoms with Gasteiger partial charge in [0.2, 0.25) is 0 Å². The molecule has 0 aliphatic rings. The van der Waals surface area contributed by atoms with E-state index >= 15 is 0 Å². The number of hydrogen-bond acceptors (Lipinski definition) is 3. The molecule has 0 aliphatic carbocycles. The molecule has 0 aromatic carbocycles. The van der Waals surface area contributed by atoms with Gasteiger partial charge in [0.05, 0.1) is 17.6 Å². The highest BCUT2D eigenvalue weighted by molar-refractivity contribution is 9.10. The van der Waals surface area contributed by atoms with Gasteiger partial charge in [-0.25, -0.2) is 4.98 Å². The number of halogens is 1.